The van der Waals surface area contributed by atoms with E-state index in [-0.39, 0.29) is 11.7 Å². The number of aryl methyl sites for hydroxylation is 2. The highest BCUT2D eigenvalue weighted by molar-refractivity contribution is 7.99. The molecule has 1 N–H and O–H groups in total. The maximum atomic E-state index is 12.6. The highest BCUT2D eigenvalue weighted by Gasteiger charge is 2.19. The first-order chi connectivity index (χ1) is 15.4. The Morgan fingerprint density at radius 1 is 0.969 bits per heavy atom. The second-order valence-corrected chi connectivity index (χ2v) is 9.02. The van der Waals surface area contributed by atoms with Crippen LogP contribution in [0.15, 0.2) is 71.9 Å². The van der Waals surface area contributed by atoms with Gasteiger partial charge in [0.15, 0.2) is 11.0 Å². The van der Waals surface area contributed by atoms with Crippen LogP contribution in [0.25, 0.3) is 17.1 Å². The molecule has 0 saturated heterocycles. The summed E-state index contributed by atoms with van der Waals surface area (Å²) < 4.78 is 1.88. The molecular formula is C24H20Cl2N4OS. The zero-order chi connectivity index (χ0) is 22.7. The number of hydrogen-bond acceptors (Lipinski definition) is 4. The monoisotopic (exact) mass is 482 g/mol. The summed E-state index contributed by atoms with van der Waals surface area (Å²) in [5.74, 6) is 0.652. The summed E-state index contributed by atoms with van der Waals surface area (Å²) in [5, 5.41) is 13.4. The number of carbonyl (C=O) groups excluding carboxylic acids is 1. The predicted octanol–water partition coefficient (Wildman–Crippen LogP) is 6.59. The number of carbonyl (C=O) groups is 1. The number of halogens is 2. The molecule has 0 atom stereocenters. The van der Waals surface area contributed by atoms with Crippen molar-refractivity contribution in [2.75, 3.05) is 11.1 Å². The van der Waals surface area contributed by atoms with E-state index in [0.29, 0.717) is 21.0 Å². The number of aromatic nitrogens is 3. The van der Waals surface area contributed by atoms with Crippen LogP contribution in [0.4, 0.5) is 5.69 Å². The second kappa shape index (κ2) is 9.77. The molecular weight excluding hydrogens is 463 g/mol. The number of amides is 1. The highest BCUT2D eigenvalue weighted by atomic mass is 35.5. The van der Waals surface area contributed by atoms with Crippen molar-refractivity contribution >= 4 is 46.6 Å². The fourth-order valence-corrected chi connectivity index (χ4v) is 4.25. The van der Waals surface area contributed by atoms with Crippen LogP contribution in [0.2, 0.25) is 10.0 Å². The molecule has 0 saturated carbocycles. The van der Waals surface area contributed by atoms with E-state index in [2.05, 4.69) is 15.5 Å². The Bertz CT molecular complexity index is 1270. The van der Waals surface area contributed by atoms with Crippen LogP contribution in [0.5, 0.6) is 0 Å². The summed E-state index contributed by atoms with van der Waals surface area (Å²) in [6, 6.07) is 20.7. The third kappa shape index (κ3) is 4.99. The number of benzene rings is 3. The van der Waals surface area contributed by atoms with Gasteiger partial charge in [0.05, 0.1) is 10.8 Å². The SMILES string of the molecule is Cc1ccc(NC(=O)CSc2nnc(-c3ccccc3Cl)n2-c2ccc(Cl)cc2)cc1C. The Hall–Kier alpha value is -2.80. The summed E-state index contributed by atoms with van der Waals surface area (Å²) in [4.78, 5) is 12.6. The van der Waals surface area contributed by atoms with E-state index in [1.54, 1.807) is 12.1 Å². The molecule has 0 fully saturated rings. The topological polar surface area (TPSA) is 59.8 Å². The summed E-state index contributed by atoms with van der Waals surface area (Å²) in [6.45, 7) is 4.06. The van der Waals surface area contributed by atoms with E-state index in [0.717, 1.165) is 22.5 Å². The first-order valence-electron chi connectivity index (χ1n) is 9.88. The third-order valence-corrected chi connectivity index (χ3v) is 6.47. The zero-order valence-electron chi connectivity index (χ0n) is 17.5. The Kier molecular flexibility index (Phi) is 6.84. The average molecular weight is 483 g/mol. The molecule has 0 unspecified atom stereocenters. The number of thioether (sulfide) groups is 1. The maximum Gasteiger partial charge on any atom is 0.234 e. The summed E-state index contributed by atoms with van der Waals surface area (Å²) in [5.41, 5.74) is 4.66. The van der Waals surface area contributed by atoms with Crippen molar-refractivity contribution in [3.63, 3.8) is 0 Å². The predicted molar refractivity (Wildman–Crippen MR) is 132 cm³/mol. The van der Waals surface area contributed by atoms with Crippen molar-refractivity contribution in [3.8, 4) is 17.1 Å². The second-order valence-electron chi connectivity index (χ2n) is 7.23. The van der Waals surface area contributed by atoms with Crippen LogP contribution >= 0.6 is 35.0 Å². The number of rotatable bonds is 6. The normalized spacial score (nSPS) is 10.9. The molecule has 1 amide bonds. The third-order valence-electron chi connectivity index (χ3n) is 4.96. The molecule has 4 rings (SSSR count). The molecule has 0 spiro atoms. The summed E-state index contributed by atoms with van der Waals surface area (Å²) >= 11 is 13.8. The molecule has 1 heterocycles. The summed E-state index contributed by atoms with van der Waals surface area (Å²) in [6.07, 6.45) is 0. The van der Waals surface area contributed by atoms with Crippen molar-refractivity contribution in [2.45, 2.75) is 19.0 Å². The van der Waals surface area contributed by atoms with E-state index in [4.69, 9.17) is 23.2 Å². The minimum Gasteiger partial charge on any atom is -0.325 e. The van der Waals surface area contributed by atoms with E-state index < -0.39 is 0 Å². The van der Waals surface area contributed by atoms with Gasteiger partial charge in [-0.1, -0.05) is 53.2 Å². The van der Waals surface area contributed by atoms with E-state index in [9.17, 15) is 4.79 Å². The van der Waals surface area contributed by atoms with Crippen molar-refractivity contribution in [1.29, 1.82) is 0 Å². The first kappa shape index (κ1) is 22.4. The van der Waals surface area contributed by atoms with E-state index >= 15 is 0 Å². The average Bonchev–Trinajstić information content (AvgIpc) is 3.19. The molecule has 1 aromatic heterocycles. The van der Waals surface area contributed by atoms with Gasteiger partial charge < -0.3 is 5.32 Å². The smallest absolute Gasteiger partial charge is 0.234 e. The molecule has 162 valence electrons. The quantitative estimate of drug-likeness (QED) is 0.315. The zero-order valence-corrected chi connectivity index (χ0v) is 19.8. The number of hydrogen-bond donors (Lipinski definition) is 1. The van der Waals surface area contributed by atoms with Crippen LogP contribution in [-0.4, -0.2) is 26.4 Å². The fraction of sp³-hybridized carbons (Fsp3) is 0.125. The molecule has 32 heavy (non-hydrogen) atoms. The number of nitrogens with one attached hydrogen (secondary N) is 1. The lowest BCUT2D eigenvalue weighted by Crippen LogP contribution is -2.14. The fourth-order valence-electron chi connectivity index (χ4n) is 3.15. The molecule has 8 heteroatoms. The maximum absolute atomic E-state index is 12.6. The molecule has 4 aromatic rings. The van der Waals surface area contributed by atoms with E-state index in [1.165, 1.54) is 17.3 Å². The standard InChI is InChI=1S/C24H20Cl2N4OS/c1-15-7-10-18(13-16(15)2)27-22(31)14-32-24-29-28-23(20-5-3-4-6-21(20)26)30(24)19-11-8-17(25)9-12-19/h3-13H,14H2,1-2H3,(H,27,31). The van der Waals surface area contributed by atoms with E-state index in [1.807, 2.05) is 73.0 Å². The lowest BCUT2D eigenvalue weighted by Gasteiger charge is -2.12. The minimum atomic E-state index is -0.122. The van der Waals surface area contributed by atoms with Gasteiger partial charge in [0.1, 0.15) is 0 Å². The first-order valence-corrected chi connectivity index (χ1v) is 11.6. The largest absolute Gasteiger partial charge is 0.325 e. The molecule has 0 aliphatic carbocycles. The molecule has 0 radical (unpaired) electrons. The Balaban J connectivity index is 1.61. The van der Waals surface area contributed by atoms with Crippen molar-refractivity contribution in [3.05, 3.63) is 87.9 Å². The van der Waals surface area contributed by atoms with Crippen LogP contribution in [0.1, 0.15) is 11.1 Å². The van der Waals surface area contributed by atoms with Crippen LogP contribution in [0.3, 0.4) is 0 Å². The van der Waals surface area contributed by atoms with Crippen molar-refractivity contribution in [1.82, 2.24) is 14.8 Å². The number of nitrogens with zero attached hydrogens (tertiary/aromatic N) is 3. The van der Waals surface area contributed by atoms with Crippen molar-refractivity contribution in [2.24, 2.45) is 0 Å². The van der Waals surface area contributed by atoms with Crippen molar-refractivity contribution < 1.29 is 4.79 Å². The highest BCUT2D eigenvalue weighted by Crippen LogP contribution is 2.32. The summed E-state index contributed by atoms with van der Waals surface area (Å²) in [7, 11) is 0. The molecule has 5 nitrogen and oxygen atoms in total. The Morgan fingerprint density at radius 3 is 2.44 bits per heavy atom. The Labute approximate surface area is 200 Å². The Morgan fingerprint density at radius 2 is 1.72 bits per heavy atom. The van der Waals surface area contributed by atoms with Gasteiger partial charge in [-0.05, 0) is 73.5 Å². The van der Waals surface area contributed by atoms with Gasteiger partial charge in [-0.25, -0.2) is 0 Å². The minimum absolute atomic E-state index is 0.122. The van der Waals surface area contributed by atoms with Crippen LogP contribution in [0, 0.1) is 13.8 Å². The van der Waals surface area contributed by atoms with Gasteiger partial charge in [0.2, 0.25) is 5.91 Å². The van der Waals surface area contributed by atoms with Gasteiger partial charge in [0, 0.05) is 22.0 Å². The van der Waals surface area contributed by atoms with Gasteiger partial charge in [-0.3, -0.25) is 9.36 Å². The van der Waals surface area contributed by atoms with Crippen LogP contribution in [-0.2, 0) is 4.79 Å². The molecule has 0 aliphatic rings. The lowest BCUT2D eigenvalue weighted by atomic mass is 10.1. The van der Waals surface area contributed by atoms with Gasteiger partial charge in [-0.2, -0.15) is 0 Å². The van der Waals surface area contributed by atoms with Gasteiger partial charge in [-0.15, -0.1) is 10.2 Å². The van der Waals surface area contributed by atoms with Gasteiger partial charge >= 0.3 is 0 Å². The molecule has 0 aliphatic heterocycles. The molecule has 0 bridgehead atoms. The molecule has 3 aromatic carbocycles. The lowest BCUT2D eigenvalue weighted by molar-refractivity contribution is -0.113. The van der Waals surface area contributed by atoms with Crippen LogP contribution < -0.4 is 5.32 Å². The number of anilines is 1. The van der Waals surface area contributed by atoms with Gasteiger partial charge in [0.25, 0.3) is 0 Å².